The molecule has 6 heteroatoms. The van der Waals surface area contributed by atoms with Crippen LogP contribution in [0.15, 0.2) is 61.2 Å². The van der Waals surface area contributed by atoms with Gasteiger partial charge in [0.1, 0.15) is 5.75 Å². The number of hydrogen-bond acceptors (Lipinski definition) is 4. The number of benzene rings is 2. The van der Waals surface area contributed by atoms with E-state index in [4.69, 9.17) is 4.74 Å². The highest BCUT2D eigenvalue weighted by atomic mass is 16.5. The van der Waals surface area contributed by atoms with Crippen LogP contribution in [0.2, 0.25) is 0 Å². The second kappa shape index (κ2) is 9.68. The highest BCUT2D eigenvalue weighted by Crippen LogP contribution is 2.22. The predicted molar refractivity (Wildman–Crippen MR) is 110 cm³/mol. The molecule has 1 saturated carbocycles. The Kier molecular flexibility index (Phi) is 6.79. The average molecular weight is 392 g/mol. The van der Waals surface area contributed by atoms with Gasteiger partial charge < -0.3 is 15.4 Å². The maximum Gasteiger partial charge on any atom is 0.343 e. The quantitative estimate of drug-likeness (QED) is 0.430. The van der Waals surface area contributed by atoms with Crippen LogP contribution in [0, 0.1) is 0 Å². The van der Waals surface area contributed by atoms with Gasteiger partial charge in [-0.3, -0.25) is 9.59 Å². The lowest BCUT2D eigenvalue weighted by molar-refractivity contribution is -0.116. The highest BCUT2D eigenvalue weighted by Gasteiger charge is 2.21. The Morgan fingerprint density at radius 1 is 1.03 bits per heavy atom. The van der Waals surface area contributed by atoms with Gasteiger partial charge in [-0.15, -0.1) is 0 Å². The smallest absolute Gasteiger partial charge is 0.343 e. The maximum atomic E-state index is 12.6. The summed E-state index contributed by atoms with van der Waals surface area (Å²) in [5.74, 6) is -0.808. The Morgan fingerprint density at radius 3 is 2.41 bits per heavy atom. The van der Waals surface area contributed by atoms with Crippen molar-refractivity contribution in [3.63, 3.8) is 0 Å². The molecule has 0 aromatic heterocycles. The zero-order chi connectivity index (χ0) is 20.6. The van der Waals surface area contributed by atoms with E-state index in [1.54, 1.807) is 48.5 Å². The lowest BCUT2D eigenvalue weighted by Gasteiger charge is -2.14. The van der Waals surface area contributed by atoms with Crippen LogP contribution in [0.3, 0.4) is 0 Å². The number of amides is 2. The number of nitrogens with one attached hydrogen (secondary N) is 2. The van der Waals surface area contributed by atoms with Gasteiger partial charge in [-0.05, 0) is 48.7 Å². The van der Waals surface area contributed by atoms with Crippen molar-refractivity contribution >= 4 is 17.8 Å². The minimum absolute atomic E-state index is 0.181. The fourth-order valence-corrected chi connectivity index (χ4v) is 3.26. The largest absolute Gasteiger partial charge is 0.422 e. The van der Waals surface area contributed by atoms with Crippen molar-refractivity contribution in [2.75, 3.05) is 0 Å². The lowest BCUT2D eigenvalue weighted by Crippen LogP contribution is -2.33. The van der Waals surface area contributed by atoms with Crippen molar-refractivity contribution in [3.05, 3.63) is 77.9 Å². The van der Waals surface area contributed by atoms with Crippen LogP contribution in [0.25, 0.3) is 0 Å². The summed E-state index contributed by atoms with van der Waals surface area (Å²) in [6.45, 7) is 3.73. The van der Waals surface area contributed by atoms with Gasteiger partial charge in [0.15, 0.2) is 0 Å². The van der Waals surface area contributed by atoms with E-state index < -0.39 is 5.97 Å². The first-order valence-corrected chi connectivity index (χ1v) is 9.68. The number of esters is 1. The van der Waals surface area contributed by atoms with Gasteiger partial charge in [-0.2, -0.15) is 0 Å². The van der Waals surface area contributed by atoms with Gasteiger partial charge in [0.2, 0.25) is 5.91 Å². The lowest BCUT2D eigenvalue weighted by atomic mass is 10.1. The van der Waals surface area contributed by atoms with Crippen molar-refractivity contribution in [2.24, 2.45) is 0 Å². The number of rotatable bonds is 7. The predicted octanol–water partition coefficient (Wildman–Crippen LogP) is 3.38. The van der Waals surface area contributed by atoms with Gasteiger partial charge in [-0.1, -0.05) is 43.7 Å². The van der Waals surface area contributed by atoms with E-state index in [0.29, 0.717) is 17.7 Å². The standard InChI is InChI=1S/C23H24N2O4/c1-2-21(26)24-15-16-11-13-17(14-12-16)23(28)29-20-10-6-5-9-19(20)22(27)25-18-7-3-4-8-18/h2,5-6,9-14,18H,1,3-4,7-8,15H2,(H,24,26)(H,25,27). The molecule has 2 aromatic carbocycles. The molecule has 6 nitrogen and oxygen atoms in total. The highest BCUT2D eigenvalue weighted by molar-refractivity contribution is 5.99. The summed E-state index contributed by atoms with van der Waals surface area (Å²) >= 11 is 0. The molecule has 1 aliphatic carbocycles. The van der Waals surface area contributed by atoms with Gasteiger partial charge in [0.05, 0.1) is 11.1 Å². The Balaban J connectivity index is 1.65. The van der Waals surface area contributed by atoms with Gasteiger partial charge in [0.25, 0.3) is 5.91 Å². The van der Waals surface area contributed by atoms with Crippen LogP contribution in [-0.2, 0) is 11.3 Å². The van der Waals surface area contributed by atoms with Crippen molar-refractivity contribution in [2.45, 2.75) is 38.3 Å². The molecular formula is C23H24N2O4. The first-order valence-electron chi connectivity index (χ1n) is 9.68. The number of ether oxygens (including phenoxy) is 1. The third-order valence-corrected chi connectivity index (χ3v) is 4.87. The van der Waals surface area contributed by atoms with E-state index in [1.807, 2.05) is 0 Å². The van der Waals surface area contributed by atoms with E-state index >= 15 is 0 Å². The molecule has 0 unspecified atom stereocenters. The molecule has 1 fully saturated rings. The normalized spacial score (nSPS) is 13.5. The van der Waals surface area contributed by atoms with E-state index in [0.717, 1.165) is 31.2 Å². The molecule has 29 heavy (non-hydrogen) atoms. The number of carbonyl (C=O) groups is 3. The van der Waals surface area contributed by atoms with Crippen LogP contribution < -0.4 is 15.4 Å². The Morgan fingerprint density at radius 2 is 1.72 bits per heavy atom. The fraction of sp³-hybridized carbons (Fsp3) is 0.261. The van der Waals surface area contributed by atoms with Gasteiger partial charge >= 0.3 is 5.97 Å². The Labute approximate surface area is 170 Å². The number of para-hydroxylation sites is 1. The second-order valence-corrected chi connectivity index (χ2v) is 6.96. The molecule has 3 rings (SSSR count). The summed E-state index contributed by atoms with van der Waals surface area (Å²) in [6, 6.07) is 13.6. The second-order valence-electron chi connectivity index (χ2n) is 6.96. The molecular weight excluding hydrogens is 368 g/mol. The molecule has 0 atom stereocenters. The van der Waals surface area contributed by atoms with E-state index in [-0.39, 0.29) is 23.6 Å². The summed E-state index contributed by atoms with van der Waals surface area (Å²) in [4.78, 5) is 36.3. The third-order valence-electron chi connectivity index (χ3n) is 4.87. The summed E-state index contributed by atoms with van der Waals surface area (Å²) in [5.41, 5.74) is 1.54. The van der Waals surface area contributed by atoms with E-state index in [2.05, 4.69) is 17.2 Å². The van der Waals surface area contributed by atoms with Crippen LogP contribution in [0.4, 0.5) is 0 Å². The van der Waals surface area contributed by atoms with Gasteiger partial charge in [-0.25, -0.2) is 4.79 Å². The first-order chi connectivity index (χ1) is 14.1. The molecule has 0 saturated heterocycles. The minimum Gasteiger partial charge on any atom is -0.422 e. The molecule has 0 heterocycles. The summed E-state index contributed by atoms with van der Waals surface area (Å²) in [6.07, 6.45) is 5.40. The monoisotopic (exact) mass is 392 g/mol. The molecule has 0 bridgehead atoms. The number of hydrogen-bond donors (Lipinski definition) is 2. The van der Waals surface area contributed by atoms with Crippen molar-refractivity contribution in [1.29, 1.82) is 0 Å². The molecule has 0 aliphatic heterocycles. The molecule has 0 spiro atoms. The SMILES string of the molecule is C=CC(=O)NCc1ccc(C(=O)Oc2ccccc2C(=O)NC2CCCC2)cc1. The summed E-state index contributed by atoms with van der Waals surface area (Å²) in [7, 11) is 0. The van der Waals surface area contributed by atoms with E-state index in [1.165, 1.54) is 6.08 Å². The molecule has 2 amide bonds. The maximum absolute atomic E-state index is 12.6. The van der Waals surface area contributed by atoms with Crippen molar-refractivity contribution in [3.8, 4) is 5.75 Å². The van der Waals surface area contributed by atoms with Crippen LogP contribution in [0.1, 0.15) is 52.0 Å². The molecule has 2 aromatic rings. The summed E-state index contributed by atoms with van der Waals surface area (Å²) in [5, 5.41) is 5.68. The van der Waals surface area contributed by atoms with Gasteiger partial charge in [0, 0.05) is 12.6 Å². The van der Waals surface area contributed by atoms with Crippen molar-refractivity contribution < 1.29 is 19.1 Å². The van der Waals surface area contributed by atoms with E-state index in [9.17, 15) is 14.4 Å². The zero-order valence-electron chi connectivity index (χ0n) is 16.1. The van der Waals surface area contributed by atoms with Crippen LogP contribution in [-0.4, -0.2) is 23.8 Å². The minimum atomic E-state index is -0.548. The fourth-order valence-electron chi connectivity index (χ4n) is 3.26. The molecule has 2 N–H and O–H groups in total. The van der Waals surface area contributed by atoms with Crippen molar-refractivity contribution in [1.82, 2.24) is 10.6 Å². The Bertz CT molecular complexity index is 899. The molecule has 0 radical (unpaired) electrons. The Hall–Kier alpha value is -3.41. The third kappa shape index (κ3) is 5.54. The average Bonchev–Trinajstić information content (AvgIpc) is 3.25. The van der Waals surface area contributed by atoms with Crippen LogP contribution in [0.5, 0.6) is 5.75 Å². The molecule has 150 valence electrons. The number of carbonyl (C=O) groups excluding carboxylic acids is 3. The first kappa shape index (κ1) is 20.3. The summed E-state index contributed by atoms with van der Waals surface area (Å²) < 4.78 is 5.49. The molecule has 1 aliphatic rings. The van der Waals surface area contributed by atoms with Crippen LogP contribution >= 0.6 is 0 Å². The topological polar surface area (TPSA) is 84.5 Å². The zero-order valence-corrected chi connectivity index (χ0v) is 16.1.